The first kappa shape index (κ1) is 20.5. The van der Waals surface area contributed by atoms with Crippen LogP contribution in [0.5, 0.6) is 11.5 Å². The van der Waals surface area contributed by atoms with Crippen molar-refractivity contribution >= 4 is 35.1 Å². The third-order valence-electron chi connectivity index (χ3n) is 5.17. The first-order valence-corrected chi connectivity index (χ1v) is 10.3. The van der Waals surface area contributed by atoms with E-state index in [-0.39, 0.29) is 11.5 Å². The minimum atomic E-state index is -0.166. The summed E-state index contributed by atoms with van der Waals surface area (Å²) in [7, 11) is 0. The van der Waals surface area contributed by atoms with E-state index in [9.17, 15) is 4.79 Å². The van der Waals surface area contributed by atoms with Gasteiger partial charge in [0.25, 0.3) is 0 Å². The van der Waals surface area contributed by atoms with Crippen molar-refractivity contribution in [3.8, 4) is 11.5 Å². The summed E-state index contributed by atoms with van der Waals surface area (Å²) in [5, 5.41) is 0.884. The maximum absolute atomic E-state index is 12.8. The summed E-state index contributed by atoms with van der Waals surface area (Å²) in [5.74, 6) is 1.31. The molecule has 0 N–H and O–H groups in total. The van der Waals surface area contributed by atoms with Crippen LogP contribution >= 0.6 is 23.2 Å². The quantitative estimate of drug-likeness (QED) is 0.406. The highest BCUT2D eigenvalue weighted by Crippen LogP contribution is 2.39. The van der Waals surface area contributed by atoms with Crippen LogP contribution in [-0.2, 0) is 6.61 Å². The Hall–Kier alpha value is -2.75. The Kier molecular flexibility index (Phi) is 5.59. The third-order valence-corrected chi connectivity index (χ3v) is 5.90. The zero-order valence-electron chi connectivity index (χ0n) is 16.9. The molecular weight excluding hydrogens is 419 g/mol. The van der Waals surface area contributed by atoms with Crippen LogP contribution in [0, 0.1) is 20.8 Å². The number of benzene rings is 3. The highest BCUT2D eigenvalue weighted by molar-refractivity contribution is 6.42. The Bertz CT molecular complexity index is 1200. The third kappa shape index (κ3) is 3.96. The summed E-state index contributed by atoms with van der Waals surface area (Å²) >= 11 is 12.0. The second kappa shape index (κ2) is 8.17. The molecule has 30 heavy (non-hydrogen) atoms. The number of halogens is 2. The molecule has 1 aliphatic heterocycles. The molecule has 3 nitrogen and oxygen atoms in total. The molecular formula is C25H20Cl2O3. The summed E-state index contributed by atoms with van der Waals surface area (Å²) in [6.45, 7) is 6.47. The Labute approximate surface area is 185 Å². The minimum absolute atomic E-state index is 0.166. The van der Waals surface area contributed by atoms with E-state index in [4.69, 9.17) is 32.7 Å². The van der Waals surface area contributed by atoms with Crippen molar-refractivity contribution in [2.75, 3.05) is 0 Å². The molecule has 0 unspecified atom stereocenters. The SMILES string of the molecule is Cc1ccc(C)c(COc2ccc3c(c2C)O/C(=C\c2ccc(Cl)c(Cl)c2)C3=O)c1. The normalized spacial score (nSPS) is 14.0. The Morgan fingerprint density at radius 3 is 2.53 bits per heavy atom. The maximum Gasteiger partial charge on any atom is 0.231 e. The molecule has 0 aliphatic carbocycles. The molecule has 0 amide bonds. The number of hydrogen-bond donors (Lipinski definition) is 0. The number of aryl methyl sites for hydroxylation is 2. The predicted octanol–water partition coefficient (Wildman–Crippen LogP) is 7.11. The summed E-state index contributed by atoms with van der Waals surface area (Å²) < 4.78 is 12.0. The molecule has 0 saturated heterocycles. The fraction of sp³-hybridized carbons (Fsp3) is 0.160. The summed E-state index contributed by atoms with van der Waals surface area (Å²) in [6.07, 6.45) is 1.67. The number of Topliss-reactive ketones (excluding diaryl/α,β-unsaturated/α-hetero) is 1. The van der Waals surface area contributed by atoms with Crippen molar-refractivity contribution in [3.05, 3.63) is 97.7 Å². The van der Waals surface area contributed by atoms with E-state index in [0.717, 1.165) is 16.7 Å². The number of ketones is 1. The van der Waals surface area contributed by atoms with Crippen molar-refractivity contribution in [2.45, 2.75) is 27.4 Å². The highest BCUT2D eigenvalue weighted by atomic mass is 35.5. The van der Waals surface area contributed by atoms with E-state index in [1.807, 2.05) is 13.0 Å². The van der Waals surface area contributed by atoms with Crippen molar-refractivity contribution in [2.24, 2.45) is 0 Å². The summed E-state index contributed by atoms with van der Waals surface area (Å²) in [5.41, 5.74) is 5.56. The van der Waals surface area contributed by atoms with E-state index < -0.39 is 0 Å². The first-order chi connectivity index (χ1) is 14.3. The van der Waals surface area contributed by atoms with Gasteiger partial charge in [0, 0.05) is 5.56 Å². The van der Waals surface area contributed by atoms with Gasteiger partial charge in [-0.15, -0.1) is 0 Å². The van der Waals surface area contributed by atoms with Crippen LogP contribution in [0.3, 0.4) is 0 Å². The first-order valence-electron chi connectivity index (χ1n) is 9.55. The monoisotopic (exact) mass is 438 g/mol. The molecule has 152 valence electrons. The lowest BCUT2D eigenvalue weighted by Crippen LogP contribution is -2.00. The average molecular weight is 439 g/mol. The van der Waals surface area contributed by atoms with Crippen LogP contribution in [0.4, 0.5) is 0 Å². The lowest BCUT2D eigenvalue weighted by molar-refractivity contribution is 0.101. The number of rotatable bonds is 4. The number of hydrogen-bond acceptors (Lipinski definition) is 3. The zero-order chi connectivity index (χ0) is 21.4. The van der Waals surface area contributed by atoms with Gasteiger partial charge in [-0.1, -0.05) is 53.0 Å². The van der Waals surface area contributed by atoms with Crippen molar-refractivity contribution < 1.29 is 14.3 Å². The molecule has 0 spiro atoms. The lowest BCUT2D eigenvalue weighted by atomic mass is 10.1. The molecule has 0 saturated carbocycles. The van der Waals surface area contributed by atoms with Crippen LogP contribution in [-0.4, -0.2) is 5.78 Å². The Balaban J connectivity index is 1.59. The second-order valence-corrected chi connectivity index (χ2v) is 8.21. The van der Waals surface area contributed by atoms with Gasteiger partial charge >= 0.3 is 0 Å². The summed E-state index contributed by atoms with van der Waals surface area (Å²) in [6, 6.07) is 15.0. The van der Waals surface area contributed by atoms with Gasteiger partial charge in [-0.05, 0) is 67.8 Å². The topological polar surface area (TPSA) is 35.5 Å². The van der Waals surface area contributed by atoms with Crippen LogP contribution < -0.4 is 9.47 Å². The fourth-order valence-corrected chi connectivity index (χ4v) is 3.70. The minimum Gasteiger partial charge on any atom is -0.488 e. The lowest BCUT2D eigenvalue weighted by Gasteiger charge is -2.13. The van der Waals surface area contributed by atoms with E-state index in [2.05, 4.69) is 32.0 Å². The van der Waals surface area contributed by atoms with Gasteiger partial charge in [0.05, 0.1) is 15.6 Å². The molecule has 0 atom stereocenters. The van der Waals surface area contributed by atoms with Crippen LogP contribution in [0.25, 0.3) is 6.08 Å². The van der Waals surface area contributed by atoms with E-state index in [1.54, 1.807) is 30.3 Å². The molecule has 5 heteroatoms. The summed E-state index contributed by atoms with van der Waals surface area (Å²) in [4.78, 5) is 12.8. The van der Waals surface area contributed by atoms with Crippen molar-refractivity contribution in [1.82, 2.24) is 0 Å². The zero-order valence-corrected chi connectivity index (χ0v) is 18.4. The molecule has 3 aromatic carbocycles. The molecule has 0 fully saturated rings. The van der Waals surface area contributed by atoms with Gasteiger partial charge < -0.3 is 9.47 Å². The van der Waals surface area contributed by atoms with Crippen LogP contribution in [0.2, 0.25) is 10.0 Å². The number of carbonyl (C=O) groups is 1. The smallest absolute Gasteiger partial charge is 0.231 e. The number of allylic oxidation sites excluding steroid dienone is 1. The molecule has 0 aromatic heterocycles. The van der Waals surface area contributed by atoms with E-state index >= 15 is 0 Å². The standard InChI is InChI=1S/C25H20Cl2O3/c1-14-4-5-15(2)18(10-14)13-29-22-9-7-19-24(28)23(30-25(19)16(22)3)12-17-6-8-20(26)21(27)11-17/h4-12H,13H2,1-3H3/b23-12-. The Morgan fingerprint density at radius 2 is 1.77 bits per heavy atom. The fourth-order valence-electron chi connectivity index (χ4n) is 3.39. The van der Waals surface area contributed by atoms with Crippen molar-refractivity contribution in [3.63, 3.8) is 0 Å². The molecule has 0 radical (unpaired) electrons. The van der Waals surface area contributed by atoms with Crippen LogP contribution in [0.15, 0.2) is 54.3 Å². The molecule has 0 bridgehead atoms. The molecule has 4 rings (SSSR count). The predicted molar refractivity (Wildman–Crippen MR) is 121 cm³/mol. The van der Waals surface area contributed by atoms with Gasteiger partial charge in [0.2, 0.25) is 5.78 Å². The average Bonchev–Trinajstić information content (AvgIpc) is 3.03. The molecule has 1 heterocycles. The largest absolute Gasteiger partial charge is 0.488 e. The van der Waals surface area contributed by atoms with E-state index in [1.165, 1.54) is 11.1 Å². The highest BCUT2D eigenvalue weighted by Gasteiger charge is 2.30. The number of ether oxygens (including phenoxy) is 2. The van der Waals surface area contributed by atoms with Gasteiger partial charge in [0.15, 0.2) is 5.76 Å². The van der Waals surface area contributed by atoms with Crippen LogP contribution in [0.1, 0.15) is 38.2 Å². The van der Waals surface area contributed by atoms with E-state index in [0.29, 0.717) is 33.7 Å². The molecule has 1 aliphatic rings. The number of fused-ring (bicyclic) bond motifs is 1. The van der Waals surface area contributed by atoms with Gasteiger partial charge in [0.1, 0.15) is 18.1 Å². The Morgan fingerprint density at radius 1 is 0.967 bits per heavy atom. The van der Waals surface area contributed by atoms with Gasteiger partial charge in [-0.25, -0.2) is 0 Å². The molecule has 3 aromatic rings. The second-order valence-electron chi connectivity index (χ2n) is 7.40. The van der Waals surface area contributed by atoms with Gasteiger partial charge in [-0.2, -0.15) is 0 Å². The van der Waals surface area contributed by atoms with Crippen molar-refractivity contribution in [1.29, 1.82) is 0 Å². The number of carbonyl (C=O) groups excluding carboxylic acids is 1. The maximum atomic E-state index is 12.8. The van der Waals surface area contributed by atoms with Gasteiger partial charge in [-0.3, -0.25) is 4.79 Å².